The summed E-state index contributed by atoms with van der Waals surface area (Å²) in [6, 6.07) is 6.36. The van der Waals surface area contributed by atoms with Crippen LogP contribution in [0.15, 0.2) is 30.5 Å². The summed E-state index contributed by atoms with van der Waals surface area (Å²) in [4.78, 5) is 17.9. The highest BCUT2D eigenvalue weighted by molar-refractivity contribution is 6.30. The molecule has 0 fully saturated rings. The van der Waals surface area contributed by atoms with Crippen LogP contribution in [0.25, 0.3) is 11.3 Å². The summed E-state index contributed by atoms with van der Waals surface area (Å²) in [7, 11) is 0. The van der Waals surface area contributed by atoms with E-state index in [2.05, 4.69) is 35.5 Å². The first-order chi connectivity index (χ1) is 14.8. The average molecular weight is 472 g/mol. The van der Waals surface area contributed by atoms with E-state index >= 15 is 0 Å². The van der Waals surface area contributed by atoms with Crippen molar-refractivity contribution in [3.05, 3.63) is 41.3 Å². The molecule has 2 N–H and O–H groups in total. The van der Waals surface area contributed by atoms with Crippen molar-refractivity contribution in [3.63, 3.8) is 0 Å². The van der Waals surface area contributed by atoms with E-state index in [9.17, 15) is 13.6 Å². The van der Waals surface area contributed by atoms with Crippen molar-refractivity contribution in [1.29, 1.82) is 0 Å². The van der Waals surface area contributed by atoms with Gasteiger partial charge in [0.2, 0.25) is 0 Å². The lowest BCUT2D eigenvalue weighted by molar-refractivity contribution is 0.0600. The first-order valence-corrected chi connectivity index (χ1v) is 10.7. The number of nitrogens with two attached hydrogens (primary N) is 1. The van der Waals surface area contributed by atoms with E-state index in [4.69, 9.17) is 22.1 Å². The zero-order chi connectivity index (χ0) is 24.5. The van der Waals surface area contributed by atoms with Crippen molar-refractivity contribution in [2.45, 2.75) is 60.0 Å². The molecule has 1 unspecified atom stereocenters. The van der Waals surface area contributed by atoms with Crippen LogP contribution in [0, 0.1) is 11.8 Å². The highest BCUT2D eigenvalue weighted by Crippen LogP contribution is 2.29. The fourth-order valence-corrected chi connectivity index (χ4v) is 3.03. The number of ether oxygens (including phenoxy) is 2. The Morgan fingerprint density at radius 2 is 1.84 bits per heavy atom. The lowest BCUT2D eigenvalue weighted by atomic mass is 10.00. The minimum absolute atomic E-state index is 0.222. The summed E-state index contributed by atoms with van der Waals surface area (Å²) in [6.07, 6.45) is -0.941. The van der Waals surface area contributed by atoms with Crippen molar-refractivity contribution < 1.29 is 23.0 Å². The fraction of sp³-hybridized carbons (Fsp3) is 0.522. The molecule has 1 amide bonds. The van der Waals surface area contributed by atoms with Gasteiger partial charge in [-0.3, -0.25) is 4.98 Å². The maximum atomic E-state index is 12.7. The Balaban J connectivity index is 0.000000547. The SMILES string of the molecule is CC(C)(C)OC(N)=O.CC(C)CC(C)COc1ccc(-c2ccnc(C(F)F)c2)nc1Cl. The van der Waals surface area contributed by atoms with Gasteiger partial charge in [-0.1, -0.05) is 32.4 Å². The van der Waals surface area contributed by atoms with E-state index < -0.39 is 18.1 Å². The number of halogens is 3. The molecule has 0 aliphatic heterocycles. The minimum Gasteiger partial charge on any atom is -0.490 e. The lowest BCUT2D eigenvalue weighted by Crippen LogP contribution is -2.27. The van der Waals surface area contributed by atoms with Gasteiger partial charge in [-0.15, -0.1) is 0 Å². The van der Waals surface area contributed by atoms with Crippen LogP contribution in [0.3, 0.4) is 0 Å². The Bertz CT molecular complexity index is 874. The molecule has 2 aromatic rings. The molecule has 0 aliphatic carbocycles. The van der Waals surface area contributed by atoms with Gasteiger partial charge >= 0.3 is 6.09 Å². The van der Waals surface area contributed by atoms with E-state index in [1.54, 1.807) is 39.0 Å². The molecule has 0 spiro atoms. The van der Waals surface area contributed by atoms with Crippen LogP contribution in [0.5, 0.6) is 5.75 Å². The van der Waals surface area contributed by atoms with Crippen molar-refractivity contribution >= 4 is 17.7 Å². The number of alkyl halides is 2. The fourth-order valence-electron chi connectivity index (χ4n) is 2.82. The summed E-state index contributed by atoms with van der Waals surface area (Å²) >= 11 is 6.17. The van der Waals surface area contributed by atoms with Crippen LogP contribution in [-0.2, 0) is 4.74 Å². The van der Waals surface area contributed by atoms with Gasteiger partial charge < -0.3 is 15.2 Å². The van der Waals surface area contributed by atoms with E-state index in [1.807, 2.05) is 0 Å². The summed E-state index contributed by atoms with van der Waals surface area (Å²) in [5.74, 6) is 1.52. The second-order valence-electron chi connectivity index (χ2n) is 8.83. The number of carbonyl (C=O) groups excluding carboxylic acids is 1. The van der Waals surface area contributed by atoms with Crippen LogP contribution >= 0.6 is 11.6 Å². The molecule has 0 aromatic carbocycles. The van der Waals surface area contributed by atoms with Gasteiger partial charge in [0.1, 0.15) is 11.3 Å². The van der Waals surface area contributed by atoms with Gasteiger partial charge in [-0.05, 0) is 63.3 Å². The van der Waals surface area contributed by atoms with Crippen molar-refractivity contribution in [2.75, 3.05) is 6.61 Å². The molecule has 0 saturated heterocycles. The van der Waals surface area contributed by atoms with Gasteiger partial charge in [0.25, 0.3) is 6.43 Å². The number of hydrogen-bond acceptors (Lipinski definition) is 5. The Morgan fingerprint density at radius 1 is 1.19 bits per heavy atom. The van der Waals surface area contributed by atoms with Crippen LogP contribution < -0.4 is 10.5 Å². The molecular formula is C23H32ClF2N3O3. The lowest BCUT2D eigenvalue weighted by Gasteiger charge is -2.16. The minimum atomic E-state index is -2.62. The molecular weight excluding hydrogens is 440 g/mol. The third-order valence-corrected chi connectivity index (χ3v) is 4.19. The first-order valence-electron chi connectivity index (χ1n) is 10.3. The Hall–Kier alpha value is -2.48. The molecule has 178 valence electrons. The molecule has 32 heavy (non-hydrogen) atoms. The van der Waals surface area contributed by atoms with Crippen molar-refractivity contribution in [2.24, 2.45) is 17.6 Å². The number of nitrogens with zero attached hydrogens (tertiary/aromatic N) is 2. The summed E-state index contributed by atoms with van der Waals surface area (Å²) in [5, 5.41) is 0.222. The second-order valence-corrected chi connectivity index (χ2v) is 9.19. The summed E-state index contributed by atoms with van der Waals surface area (Å²) < 4.78 is 35.8. The third-order valence-electron chi connectivity index (χ3n) is 3.92. The van der Waals surface area contributed by atoms with Crippen molar-refractivity contribution in [3.8, 4) is 17.0 Å². The van der Waals surface area contributed by atoms with Gasteiger partial charge in [0.05, 0.1) is 12.3 Å². The molecule has 0 radical (unpaired) electrons. The maximum absolute atomic E-state index is 12.7. The van der Waals surface area contributed by atoms with Gasteiger partial charge in [-0.2, -0.15) is 0 Å². The molecule has 2 rings (SSSR count). The highest BCUT2D eigenvalue weighted by Gasteiger charge is 2.14. The smallest absolute Gasteiger partial charge is 0.405 e. The van der Waals surface area contributed by atoms with Gasteiger partial charge in [-0.25, -0.2) is 18.6 Å². The standard InChI is InChI=1S/C18H21ClF2N2O.C5H11NO2/c1-11(2)8-12(3)10-24-16-5-4-14(23-17(16)19)13-6-7-22-15(9-13)18(20)21;1-5(2,3)8-4(6)7/h4-7,9,11-12,18H,8,10H2,1-3H3;1-3H3,(H2,6,7). The molecule has 6 nitrogen and oxygen atoms in total. The maximum Gasteiger partial charge on any atom is 0.405 e. The number of pyridine rings is 2. The van der Waals surface area contributed by atoms with E-state index in [1.165, 1.54) is 12.3 Å². The second kappa shape index (κ2) is 12.5. The number of carbonyl (C=O) groups is 1. The van der Waals surface area contributed by atoms with Crippen LogP contribution in [0.4, 0.5) is 13.6 Å². The predicted molar refractivity (Wildman–Crippen MR) is 122 cm³/mol. The van der Waals surface area contributed by atoms with Crippen LogP contribution in [-0.4, -0.2) is 28.3 Å². The van der Waals surface area contributed by atoms with E-state index in [0.29, 0.717) is 35.4 Å². The first kappa shape index (κ1) is 27.6. The number of amides is 1. The van der Waals surface area contributed by atoms with Gasteiger partial charge in [0.15, 0.2) is 10.9 Å². The molecule has 0 aliphatic rings. The van der Waals surface area contributed by atoms with E-state index in [-0.39, 0.29) is 10.8 Å². The van der Waals surface area contributed by atoms with Crippen LogP contribution in [0.2, 0.25) is 5.15 Å². The highest BCUT2D eigenvalue weighted by atomic mass is 35.5. The normalized spacial score (nSPS) is 12.2. The monoisotopic (exact) mass is 471 g/mol. The largest absolute Gasteiger partial charge is 0.490 e. The van der Waals surface area contributed by atoms with Crippen LogP contribution in [0.1, 0.15) is 60.1 Å². The van der Waals surface area contributed by atoms with Crippen molar-refractivity contribution in [1.82, 2.24) is 9.97 Å². The molecule has 0 saturated carbocycles. The quantitative estimate of drug-likeness (QED) is 0.455. The summed E-state index contributed by atoms with van der Waals surface area (Å²) in [6.45, 7) is 12.3. The molecule has 2 heterocycles. The zero-order valence-electron chi connectivity index (χ0n) is 19.4. The average Bonchev–Trinajstić information content (AvgIpc) is 2.65. The third kappa shape index (κ3) is 10.7. The topological polar surface area (TPSA) is 87.3 Å². The predicted octanol–water partition coefficient (Wildman–Crippen LogP) is 6.68. The molecule has 2 aromatic heterocycles. The van der Waals surface area contributed by atoms with Gasteiger partial charge in [0, 0.05) is 11.8 Å². The summed E-state index contributed by atoms with van der Waals surface area (Å²) in [5.41, 5.74) is 5.03. The number of hydrogen-bond donors (Lipinski definition) is 1. The Morgan fingerprint density at radius 3 is 2.31 bits per heavy atom. The Kier molecular flexibility index (Phi) is 10.8. The number of rotatable bonds is 7. The molecule has 1 atom stereocenters. The zero-order valence-corrected chi connectivity index (χ0v) is 20.1. The molecule has 0 bridgehead atoms. The number of primary amides is 1. The van der Waals surface area contributed by atoms with E-state index in [0.717, 1.165) is 6.42 Å². The molecule has 9 heteroatoms. The Labute approximate surface area is 193 Å². The number of aromatic nitrogens is 2.